The Balaban J connectivity index is 2.24. The molecule has 5 heteroatoms. The highest BCUT2D eigenvalue weighted by atomic mass is 16.5. The fourth-order valence-electron chi connectivity index (χ4n) is 1.88. The van der Waals surface area contributed by atoms with E-state index in [0.29, 0.717) is 5.82 Å². The van der Waals surface area contributed by atoms with Crippen LogP contribution in [0.4, 0.5) is 5.82 Å². The van der Waals surface area contributed by atoms with Crippen LogP contribution in [0.5, 0.6) is 0 Å². The van der Waals surface area contributed by atoms with Gasteiger partial charge in [-0.05, 0) is 7.05 Å². The molecule has 2 rings (SSSR count). The summed E-state index contributed by atoms with van der Waals surface area (Å²) in [6.07, 6.45) is 2.48. The lowest BCUT2D eigenvalue weighted by molar-refractivity contribution is 0.146. The summed E-state index contributed by atoms with van der Waals surface area (Å²) in [6, 6.07) is 0. The first-order valence-electron chi connectivity index (χ1n) is 5.67. The monoisotopic (exact) mass is 222 g/mol. The number of nitrogens with two attached hydrogens (primary N) is 1. The molecule has 1 aromatic heterocycles. The first kappa shape index (κ1) is 11.3. The number of hydrogen-bond acceptors (Lipinski definition) is 5. The van der Waals surface area contributed by atoms with Crippen LogP contribution in [0.2, 0.25) is 0 Å². The van der Waals surface area contributed by atoms with Crippen LogP contribution in [0.1, 0.15) is 17.1 Å². The number of nitrogen functional groups attached to an aromatic ring is 1. The summed E-state index contributed by atoms with van der Waals surface area (Å²) in [5.41, 5.74) is 8.10. The van der Waals surface area contributed by atoms with Crippen molar-refractivity contribution in [3.8, 4) is 0 Å². The topological polar surface area (TPSA) is 73.1 Å². The Morgan fingerprint density at radius 3 is 2.94 bits per heavy atom. The molecule has 16 heavy (non-hydrogen) atoms. The fourth-order valence-corrected chi connectivity index (χ4v) is 1.88. The van der Waals surface area contributed by atoms with Crippen molar-refractivity contribution in [3.63, 3.8) is 0 Å². The fraction of sp³-hybridized carbons (Fsp3) is 0.636. The van der Waals surface area contributed by atoms with Crippen LogP contribution < -0.4 is 11.1 Å². The molecule has 0 aliphatic carbocycles. The number of nitrogens with one attached hydrogen (secondary N) is 1. The van der Waals surface area contributed by atoms with E-state index in [1.807, 2.05) is 7.05 Å². The van der Waals surface area contributed by atoms with Gasteiger partial charge in [-0.3, -0.25) is 0 Å². The van der Waals surface area contributed by atoms with Crippen molar-refractivity contribution in [3.05, 3.63) is 17.1 Å². The quantitative estimate of drug-likeness (QED) is 0.749. The van der Waals surface area contributed by atoms with E-state index in [1.165, 1.54) is 0 Å². The Morgan fingerprint density at radius 1 is 1.31 bits per heavy atom. The van der Waals surface area contributed by atoms with E-state index in [9.17, 15) is 0 Å². The molecular formula is C11H18N4O. The number of nitrogens with zero attached hydrogens (tertiary/aromatic N) is 2. The molecule has 0 radical (unpaired) electrons. The molecular weight excluding hydrogens is 204 g/mol. The minimum Gasteiger partial charge on any atom is -0.383 e. The van der Waals surface area contributed by atoms with Crippen LogP contribution in [0.25, 0.3) is 0 Å². The second kappa shape index (κ2) is 5.23. The Labute approximate surface area is 95.4 Å². The first-order chi connectivity index (χ1) is 7.81. The van der Waals surface area contributed by atoms with Gasteiger partial charge in [0.2, 0.25) is 0 Å². The van der Waals surface area contributed by atoms with E-state index in [4.69, 9.17) is 10.5 Å². The third-order valence-corrected chi connectivity index (χ3v) is 2.75. The van der Waals surface area contributed by atoms with E-state index in [-0.39, 0.29) is 0 Å². The molecule has 0 spiro atoms. The molecule has 0 atom stereocenters. The maximum Gasteiger partial charge on any atom is 0.132 e. The molecule has 0 aromatic carbocycles. The lowest BCUT2D eigenvalue weighted by Crippen LogP contribution is -2.15. The van der Waals surface area contributed by atoms with Gasteiger partial charge in [-0.2, -0.15) is 0 Å². The van der Waals surface area contributed by atoms with Crippen molar-refractivity contribution in [2.75, 3.05) is 32.5 Å². The predicted molar refractivity (Wildman–Crippen MR) is 62.3 cm³/mol. The zero-order valence-corrected chi connectivity index (χ0v) is 9.62. The van der Waals surface area contributed by atoms with Gasteiger partial charge in [0.15, 0.2) is 0 Å². The number of anilines is 1. The van der Waals surface area contributed by atoms with E-state index in [2.05, 4.69) is 15.3 Å². The summed E-state index contributed by atoms with van der Waals surface area (Å²) in [4.78, 5) is 8.90. The maximum absolute atomic E-state index is 5.96. The van der Waals surface area contributed by atoms with Crippen LogP contribution in [0.15, 0.2) is 0 Å². The Hall–Kier alpha value is -1.20. The highest BCUT2D eigenvalue weighted by Crippen LogP contribution is 2.18. The molecule has 2 heterocycles. The van der Waals surface area contributed by atoms with Crippen LogP contribution in [-0.2, 0) is 24.0 Å². The number of hydrogen-bond donors (Lipinski definition) is 2. The van der Waals surface area contributed by atoms with Crippen LogP contribution in [0.3, 0.4) is 0 Å². The van der Waals surface area contributed by atoms with Crippen LogP contribution in [-0.4, -0.2) is 36.8 Å². The van der Waals surface area contributed by atoms with E-state index < -0.39 is 0 Å². The minimum atomic E-state index is 0.626. The molecule has 0 saturated heterocycles. The Morgan fingerprint density at radius 2 is 2.12 bits per heavy atom. The molecule has 1 aromatic rings. The highest BCUT2D eigenvalue weighted by Gasteiger charge is 2.14. The second-order valence-electron chi connectivity index (χ2n) is 3.92. The SMILES string of the molecule is CNCCc1nc(N)c2c(n1)CCOCC2. The molecule has 0 bridgehead atoms. The summed E-state index contributed by atoms with van der Waals surface area (Å²) in [6.45, 7) is 2.32. The maximum atomic E-state index is 5.96. The van der Waals surface area contributed by atoms with Crippen molar-refractivity contribution in [2.24, 2.45) is 0 Å². The van der Waals surface area contributed by atoms with Gasteiger partial charge in [0, 0.05) is 31.4 Å². The van der Waals surface area contributed by atoms with Crippen molar-refractivity contribution >= 4 is 5.82 Å². The van der Waals surface area contributed by atoms with Gasteiger partial charge in [-0.25, -0.2) is 9.97 Å². The van der Waals surface area contributed by atoms with E-state index in [0.717, 1.165) is 56.1 Å². The number of fused-ring (bicyclic) bond motifs is 1. The molecule has 0 unspecified atom stereocenters. The third-order valence-electron chi connectivity index (χ3n) is 2.75. The zero-order chi connectivity index (χ0) is 11.4. The van der Waals surface area contributed by atoms with Gasteiger partial charge in [0.25, 0.3) is 0 Å². The summed E-state index contributed by atoms with van der Waals surface area (Å²) < 4.78 is 5.42. The van der Waals surface area contributed by atoms with E-state index >= 15 is 0 Å². The lowest BCUT2D eigenvalue weighted by Gasteiger charge is -2.09. The van der Waals surface area contributed by atoms with Crippen molar-refractivity contribution in [2.45, 2.75) is 19.3 Å². The first-order valence-corrected chi connectivity index (χ1v) is 5.67. The number of ether oxygens (including phenoxy) is 1. The highest BCUT2D eigenvalue weighted by molar-refractivity contribution is 5.43. The third kappa shape index (κ3) is 2.48. The van der Waals surface area contributed by atoms with Crippen LogP contribution in [0, 0.1) is 0 Å². The molecule has 1 aliphatic heterocycles. The molecule has 3 N–H and O–H groups in total. The normalized spacial score (nSPS) is 15.6. The average molecular weight is 222 g/mol. The summed E-state index contributed by atoms with van der Waals surface area (Å²) in [5.74, 6) is 1.45. The number of aromatic nitrogens is 2. The summed E-state index contributed by atoms with van der Waals surface area (Å²) in [5, 5.41) is 3.08. The summed E-state index contributed by atoms with van der Waals surface area (Å²) >= 11 is 0. The van der Waals surface area contributed by atoms with Gasteiger partial charge in [0.05, 0.1) is 18.9 Å². The molecule has 0 saturated carbocycles. The van der Waals surface area contributed by atoms with Gasteiger partial charge in [-0.1, -0.05) is 0 Å². The molecule has 88 valence electrons. The van der Waals surface area contributed by atoms with Crippen LogP contribution >= 0.6 is 0 Å². The Kier molecular flexibility index (Phi) is 3.69. The number of likely N-dealkylation sites (N-methyl/N-ethyl adjacent to an activating group) is 1. The summed E-state index contributed by atoms with van der Waals surface area (Å²) in [7, 11) is 1.92. The van der Waals surface area contributed by atoms with Gasteiger partial charge < -0.3 is 15.8 Å². The van der Waals surface area contributed by atoms with Crippen molar-refractivity contribution < 1.29 is 4.74 Å². The zero-order valence-electron chi connectivity index (χ0n) is 9.62. The van der Waals surface area contributed by atoms with Gasteiger partial charge in [-0.15, -0.1) is 0 Å². The molecule has 0 amide bonds. The minimum absolute atomic E-state index is 0.626. The standard InChI is InChI=1S/C11H18N4O/c1-13-5-2-10-14-9-4-7-16-6-3-8(9)11(12)15-10/h13H,2-7H2,1H3,(H2,12,14,15). The second-order valence-corrected chi connectivity index (χ2v) is 3.92. The smallest absolute Gasteiger partial charge is 0.132 e. The predicted octanol–water partition coefficient (Wildman–Crippen LogP) is -0.0641. The Bertz CT molecular complexity index is 367. The number of rotatable bonds is 3. The van der Waals surface area contributed by atoms with E-state index in [1.54, 1.807) is 0 Å². The molecule has 1 aliphatic rings. The molecule has 5 nitrogen and oxygen atoms in total. The molecule has 0 fully saturated rings. The van der Waals surface area contributed by atoms with Crippen molar-refractivity contribution in [1.82, 2.24) is 15.3 Å². The lowest BCUT2D eigenvalue weighted by atomic mass is 10.1. The van der Waals surface area contributed by atoms with Crippen molar-refractivity contribution in [1.29, 1.82) is 0 Å². The average Bonchev–Trinajstić information content (AvgIpc) is 2.51. The largest absolute Gasteiger partial charge is 0.383 e. The van der Waals surface area contributed by atoms with Gasteiger partial charge in [0.1, 0.15) is 11.6 Å². The van der Waals surface area contributed by atoms with Gasteiger partial charge >= 0.3 is 0 Å².